The second-order valence-corrected chi connectivity index (χ2v) is 7.73. The zero-order chi connectivity index (χ0) is 16.1. The van der Waals surface area contributed by atoms with Crippen LogP contribution in [0, 0.1) is 29.1 Å². The zero-order valence-corrected chi connectivity index (χ0v) is 13.2. The van der Waals surface area contributed by atoms with Crippen LogP contribution in [0.3, 0.4) is 0 Å². The summed E-state index contributed by atoms with van der Waals surface area (Å²) in [5.41, 5.74) is 1.01. The van der Waals surface area contributed by atoms with E-state index >= 15 is 0 Å². The van der Waals surface area contributed by atoms with Gasteiger partial charge in [-0.2, -0.15) is 0 Å². The van der Waals surface area contributed by atoms with E-state index in [-0.39, 0.29) is 40.9 Å². The highest BCUT2D eigenvalue weighted by Gasteiger charge is 2.73. The number of imide groups is 1. The molecule has 3 nitrogen and oxygen atoms in total. The summed E-state index contributed by atoms with van der Waals surface area (Å²) in [7, 11) is 0. The van der Waals surface area contributed by atoms with Gasteiger partial charge in [-0.25, -0.2) is 4.90 Å². The van der Waals surface area contributed by atoms with Gasteiger partial charge in [0.25, 0.3) is 0 Å². The van der Waals surface area contributed by atoms with Crippen molar-refractivity contribution >= 4 is 28.3 Å². The summed E-state index contributed by atoms with van der Waals surface area (Å²) in [6, 6.07) is 13.8. The minimum absolute atomic E-state index is 0.0180. The molecule has 1 heterocycles. The van der Waals surface area contributed by atoms with Gasteiger partial charge in [-0.05, 0) is 41.5 Å². The molecule has 0 radical (unpaired) electrons. The van der Waals surface area contributed by atoms with Crippen molar-refractivity contribution in [2.24, 2.45) is 29.1 Å². The van der Waals surface area contributed by atoms with Crippen LogP contribution in [0.4, 0.5) is 5.69 Å². The van der Waals surface area contributed by atoms with E-state index in [1.807, 2.05) is 42.5 Å². The minimum atomic E-state index is -0.131. The summed E-state index contributed by atoms with van der Waals surface area (Å²) < 4.78 is 0. The molecule has 1 saturated heterocycles. The average molecular weight is 315 g/mol. The molecule has 2 bridgehead atoms. The lowest BCUT2D eigenvalue weighted by molar-refractivity contribution is -0.123. The SMILES string of the molecule is O=C1[C@@H]2[C@@H](C(=O)N1c1cccc3ccccc13)[C@@H]1C=C[C@@H]2C12CC2. The third kappa shape index (κ3) is 1.28. The number of carbonyl (C=O) groups excluding carboxylic acids is 2. The van der Waals surface area contributed by atoms with Gasteiger partial charge >= 0.3 is 0 Å². The van der Waals surface area contributed by atoms with Crippen LogP contribution in [0.25, 0.3) is 10.8 Å². The minimum Gasteiger partial charge on any atom is -0.274 e. The van der Waals surface area contributed by atoms with E-state index in [1.54, 1.807) is 0 Å². The Morgan fingerprint density at radius 1 is 0.833 bits per heavy atom. The summed E-state index contributed by atoms with van der Waals surface area (Å²) in [6.07, 6.45) is 6.79. The average Bonchev–Trinajstić information content (AvgIpc) is 3.20. The fourth-order valence-electron chi connectivity index (χ4n) is 5.72. The Balaban J connectivity index is 1.50. The molecule has 4 atom stereocenters. The van der Waals surface area contributed by atoms with Crippen LogP contribution in [-0.2, 0) is 9.59 Å². The van der Waals surface area contributed by atoms with E-state index in [9.17, 15) is 9.59 Å². The van der Waals surface area contributed by atoms with Crippen LogP contribution >= 0.6 is 0 Å². The second kappa shape index (κ2) is 3.97. The number of rotatable bonds is 1. The number of anilines is 1. The van der Waals surface area contributed by atoms with Gasteiger partial charge in [-0.15, -0.1) is 0 Å². The van der Waals surface area contributed by atoms with E-state index in [1.165, 1.54) is 17.7 Å². The second-order valence-electron chi connectivity index (χ2n) is 7.73. The van der Waals surface area contributed by atoms with Gasteiger partial charge in [-0.3, -0.25) is 9.59 Å². The molecule has 0 N–H and O–H groups in total. The molecular formula is C21H17NO2. The highest BCUT2D eigenvalue weighted by atomic mass is 16.2. The summed E-state index contributed by atoms with van der Waals surface area (Å²) in [5, 5.41) is 2.04. The number of carbonyl (C=O) groups is 2. The molecule has 24 heavy (non-hydrogen) atoms. The molecule has 118 valence electrons. The molecule has 3 aliphatic carbocycles. The predicted octanol–water partition coefficient (Wildman–Crippen LogP) is 3.54. The first-order valence-corrected chi connectivity index (χ1v) is 8.76. The van der Waals surface area contributed by atoms with Crippen molar-refractivity contribution in [3.8, 4) is 0 Å². The Morgan fingerprint density at radius 2 is 1.46 bits per heavy atom. The van der Waals surface area contributed by atoms with Gasteiger partial charge in [-0.1, -0.05) is 48.6 Å². The Labute approximate surface area is 139 Å². The van der Waals surface area contributed by atoms with Crippen molar-refractivity contribution in [1.29, 1.82) is 0 Å². The van der Waals surface area contributed by atoms with E-state index in [4.69, 9.17) is 0 Å². The first kappa shape index (κ1) is 12.9. The van der Waals surface area contributed by atoms with Crippen molar-refractivity contribution in [1.82, 2.24) is 0 Å². The number of amides is 2. The first-order valence-electron chi connectivity index (χ1n) is 8.76. The van der Waals surface area contributed by atoms with Gasteiger partial charge in [0.2, 0.25) is 11.8 Å². The van der Waals surface area contributed by atoms with E-state index in [0.717, 1.165) is 16.5 Å². The Hall–Kier alpha value is -2.42. The van der Waals surface area contributed by atoms with E-state index in [0.29, 0.717) is 0 Å². The van der Waals surface area contributed by atoms with Crippen molar-refractivity contribution in [3.05, 3.63) is 54.6 Å². The highest BCUT2D eigenvalue weighted by molar-refractivity contribution is 6.25. The summed E-state index contributed by atoms with van der Waals surface area (Å²) in [6.45, 7) is 0. The molecule has 3 fully saturated rings. The fourth-order valence-corrected chi connectivity index (χ4v) is 5.72. The summed E-state index contributed by atoms with van der Waals surface area (Å²) in [5.74, 6) is 0.338. The largest absolute Gasteiger partial charge is 0.274 e. The van der Waals surface area contributed by atoms with E-state index in [2.05, 4.69) is 12.2 Å². The van der Waals surface area contributed by atoms with Crippen molar-refractivity contribution in [2.75, 3.05) is 4.90 Å². The number of fused-ring (bicyclic) bond motifs is 4. The Bertz CT molecular complexity index is 916. The van der Waals surface area contributed by atoms with Gasteiger partial charge in [0.1, 0.15) is 0 Å². The van der Waals surface area contributed by atoms with Crippen molar-refractivity contribution in [2.45, 2.75) is 12.8 Å². The smallest absolute Gasteiger partial charge is 0.238 e. The number of hydrogen-bond acceptors (Lipinski definition) is 2. The van der Waals surface area contributed by atoms with Crippen LogP contribution in [0.2, 0.25) is 0 Å². The quantitative estimate of drug-likeness (QED) is 0.596. The molecule has 2 saturated carbocycles. The van der Waals surface area contributed by atoms with Crippen molar-refractivity contribution in [3.63, 3.8) is 0 Å². The molecule has 2 aromatic carbocycles. The normalized spacial score (nSPS) is 34.6. The number of nitrogens with zero attached hydrogens (tertiary/aromatic N) is 1. The number of allylic oxidation sites excluding steroid dienone is 2. The third-order valence-electron chi connectivity index (χ3n) is 6.86. The molecule has 0 unspecified atom stereocenters. The summed E-state index contributed by atoms with van der Waals surface area (Å²) in [4.78, 5) is 27.9. The molecule has 2 amide bonds. The molecule has 3 heteroatoms. The highest BCUT2D eigenvalue weighted by Crippen LogP contribution is 2.73. The number of hydrogen-bond donors (Lipinski definition) is 0. The van der Waals surface area contributed by atoms with E-state index < -0.39 is 0 Å². The standard InChI is InChI=1S/C21H17NO2/c23-19-17-14-8-9-15(21(14)10-11-21)18(17)20(24)22(19)16-7-3-5-12-4-1-2-6-13(12)16/h1-9,14-15,17-18H,10-11H2/t14-,15-,17-,18-/m0/s1. The topological polar surface area (TPSA) is 37.4 Å². The van der Waals surface area contributed by atoms with Crippen LogP contribution in [-0.4, -0.2) is 11.8 Å². The molecule has 1 spiro atoms. The van der Waals surface area contributed by atoms with Gasteiger partial charge in [0.15, 0.2) is 0 Å². The molecule has 0 aromatic heterocycles. The molecular weight excluding hydrogens is 298 g/mol. The lowest BCUT2D eigenvalue weighted by atomic mass is 9.85. The lowest BCUT2D eigenvalue weighted by Gasteiger charge is -2.22. The molecule has 6 rings (SSSR count). The first-order chi connectivity index (χ1) is 11.7. The predicted molar refractivity (Wildman–Crippen MR) is 91.2 cm³/mol. The Kier molecular flexibility index (Phi) is 2.14. The molecule has 1 aliphatic heterocycles. The fraction of sp³-hybridized carbons (Fsp3) is 0.333. The number of benzene rings is 2. The van der Waals surface area contributed by atoms with Crippen LogP contribution in [0.1, 0.15) is 12.8 Å². The lowest BCUT2D eigenvalue weighted by Crippen LogP contribution is -2.34. The molecule has 2 aromatic rings. The van der Waals surface area contributed by atoms with Crippen LogP contribution in [0.5, 0.6) is 0 Å². The van der Waals surface area contributed by atoms with Crippen molar-refractivity contribution < 1.29 is 9.59 Å². The maximum absolute atomic E-state index is 13.2. The van der Waals surface area contributed by atoms with Crippen LogP contribution < -0.4 is 4.90 Å². The maximum atomic E-state index is 13.2. The van der Waals surface area contributed by atoms with Crippen LogP contribution in [0.15, 0.2) is 54.6 Å². The van der Waals surface area contributed by atoms with Gasteiger partial charge in [0, 0.05) is 5.39 Å². The zero-order valence-electron chi connectivity index (χ0n) is 13.2. The Morgan fingerprint density at radius 3 is 2.12 bits per heavy atom. The van der Waals surface area contributed by atoms with Gasteiger partial charge < -0.3 is 0 Å². The third-order valence-corrected chi connectivity index (χ3v) is 6.86. The monoisotopic (exact) mass is 315 g/mol. The maximum Gasteiger partial charge on any atom is 0.238 e. The molecule has 4 aliphatic rings. The van der Waals surface area contributed by atoms with Gasteiger partial charge in [0.05, 0.1) is 17.5 Å². The summed E-state index contributed by atoms with van der Waals surface area (Å²) >= 11 is 0.